The van der Waals surface area contributed by atoms with Gasteiger partial charge in [-0.3, -0.25) is 0 Å². The number of ether oxygens (including phenoxy) is 1. The molecule has 0 radical (unpaired) electrons. The molecular formula is C16H17N3O. The zero-order chi connectivity index (χ0) is 13.8. The minimum absolute atomic E-state index is 0.462. The quantitative estimate of drug-likeness (QED) is 0.772. The van der Waals surface area contributed by atoms with Crippen molar-refractivity contribution >= 4 is 5.65 Å². The Kier molecular flexibility index (Phi) is 3.65. The fraction of sp³-hybridized carbons (Fsp3) is 0.188. The second kappa shape index (κ2) is 5.75. The van der Waals surface area contributed by atoms with Crippen molar-refractivity contribution in [2.45, 2.75) is 13.0 Å². The fourth-order valence-electron chi connectivity index (χ4n) is 2.22. The SMILES string of the molecule is NCCc1ccccc1OCc1cn2ccccc2n1. The predicted molar refractivity (Wildman–Crippen MR) is 78.7 cm³/mol. The van der Waals surface area contributed by atoms with E-state index < -0.39 is 0 Å². The highest BCUT2D eigenvalue weighted by Crippen LogP contribution is 2.19. The summed E-state index contributed by atoms with van der Waals surface area (Å²) in [7, 11) is 0. The van der Waals surface area contributed by atoms with Crippen molar-refractivity contribution in [2.24, 2.45) is 5.73 Å². The highest BCUT2D eigenvalue weighted by atomic mass is 16.5. The molecule has 0 unspecified atom stereocenters. The van der Waals surface area contributed by atoms with Gasteiger partial charge in [-0.25, -0.2) is 4.98 Å². The van der Waals surface area contributed by atoms with Crippen molar-refractivity contribution in [3.63, 3.8) is 0 Å². The van der Waals surface area contributed by atoms with Gasteiger partial charge in [-0.05, 0) is 36.7 Å². The average molecular weight is 267 g/mol. The molecular weight excluding hydrogens is 250 g/mol. The van der Waals surface area contributed by atoms with E-state index in [1.165, 1.54) is 0 Å². The van der Waals surface area contributed by atoms with Gasteiger partial charge in [0.25, 0.3) is 0 Å². The van der Waals surface area contributed by atoms with Crippen LogP contribution in [0.15, 0.2) is 54.9 Å². The molecule has 3 aromatic rings. The maximum atomic E-state index is 5.87. The largest absolute Gasteiger partial charge is 0.487 e. The summed E-state index contributed by atoms with van der Waals surface area (Å²) in [4.78, 5) is 4.52. The zero-order valence-corrected chi connectivity index (χ0v) is 11.2. The summed E-state index contributed by atoms with van der Waals surface area (Å²) in [5.74, 6) is 0.884. The smallest absolute Gasteiger partial charge is 0.137 e. The van der Waals surface area contributed by atoms with Crippen LogP contribution in [0.3, 0.4) is 0 Å². The number of hydrogen-bond acceptors (Lipinski definition) is 3. The van der Waals surface area contributed by atoms with Crippen LogP contribution in [0.4, 0.5) is 0 Å². The lowest BCUT2D eigenvalue weighted by Gasteiger charge is -2.09. The molecule has 0 bridgehead atoms. The van der Waals surface area contributed by atoms with Gasteiger partial charge in [0.15, 0.2) is 0 Å². The molecule has 1 aromatic carbocycles. The number of pyridine rings is 1. The van der Waals surface area contributed by atoms with E-state index in [0.29, 0.717) is 13.2 Å². The number of para-hydroxylation sites is 1. The third-order valence-electron chi connectivity index (χ3n) is 3.18. The Morgan fingerprint density at radius 3 is 2.80 bits per heavy atom. The first-order valence-electron chi connectivity index (χ1n) is 6.70. The van der Waals surface area contributed by atoms with Gasteiger partial charge in [-0.15, -0.1) is 0 Å². The van der Waals surface area contributed by atoms with E-state index in [2.05, 4.69) is 4.98 Å². The van der Waals surface area contributed by atoms with Crippen LogP contribution >= 0.6 is 0 Å². The van der Waals surface area contributed by atoms with Crippen molar-refractivity contribution in [1.29, 1.82) is 0 Å². The molecule has 0 aliphatic rings. The third-order valence-corrected chi connectivity index (χ3v) is 3.18. The molecule has 3 rings (SSSR count). The molecule has 2 heterocycles. The summed E-state index contributed by atoms with van der Waals surface area (Å²) in [5, 5.41) is 0. The van der Waals surface area contributed by atoms with Gasteiger partial charge in [0.2, 0.25) is 0 Å². The van der Waals surface area contributed by atoms with Crippen molar-refractivity contribution in [1.82, 2.24) is 9.38 Å². The van der Waals surface area contributed by atoms with Gasteiger partial charge in [-0.2, -0.15) is 0 Å². The number of fused-ring (bicyclic) bond motifs is 1. The van der Waals surface area contributed by atoms with Crippen LogP contribution in [0.25, 0.3) is 5.65 Å². The van der Waals surface area contributed by atoms with Gasteiger partial charge in [0, 0.05) is 12.4 Å². The molecule has 4 heteroatoms. The molecule has 0 fully saturated rings. The number of benzene rings is 1. The van der Waals surface area contributed by atoms with E-state index in [-0.39, 0.29) is 0 Å². The van der Waals surface area contributed by atoms with E-state index in [9.17, 15) is 0 Å². The first kappa shape index (κ1) is 12.7. The van der Waals surface area contributed by atoms with Crippen molar-refractivity contribution in [3.05, 3.63) is 66.1 Å². The van der Waals surface area contributed by atoms with Gasteiger partial charge in [-0.1, -0.05) is 24.3 Å². The summed E-state index contributed by atoms with van der Waals surface area (Å²) < 4.78 is 7.86. The van der Waals surface area contributed by atoms with E-state index >= 15 is 0 Å². The molecule has 102 valence electrons. The Bertz CT molecular complexity index is 673. The van der Waals surface area contributed by atoms with E-state index in [4.69, 9.17) is 10.5 Å². The number of nitrogens with zero attached hydrogens (tertiary/aromatic N) is 2. The van der Waals surface area contributed by atoms with Crippen LogP contribution in [-0.4, -0.2) is 15.9 Å². The Labute approximate surface area is 117 Å². The van der Waals surface area contributed by atoms with Gasteiger partial charge in [0.05, 0.1) is 5.69 Å². The second-order valence-corrected chi connectivity index (χ2v) is 4.63. The fourth-order valence-corrected chi connectivity index (χ4v) is 2.22. The number of hydrogen-bond donors (Lipinski definition) is 1. The van der Waals surface area contributed by atoms with Crippen LogP contribution in [0.5, 0.6) is 5.75 Å². The highest BCUT2D eigenvalue weighted by molar-refractivity contribution is 5.39. The first-order chi connectivity index (χ1) is 9.86. The summed E-state index contributed by atoms with van der Waals surface area (Å²) in [5.41, 5.74) is 8.60. The predicted octanol–water partition coefficient (Wildman–Crippen LogP) is 2.41. The average Bonchev–Trinajstić information content (AvgIpc) is 2.89. The maximum absolute atomic E-state index is 5.87. The Balaban J connectivity index is 1.76. The minimum atomic E-state index is 0.462. The summed E-state index contributed by atoms with van der Waals surface area (Å²) in [6.45, 7) is 1.08. The normalized spacial score (nSPS) is 10.8. The molecule has 0 spiro atoms. The molecule has 0 aliphatic carbocycles. The van der Waals surface area contributed by atoms with Crippen LogP contribution in [0.1, 0.15) is 11.3 Å². The number of rotatable bonds is 5. The molecule has 4 nitrogen and oxygen atoms in total. The molecule has 0 aliphatic heterocycles. The van der Waals surface area contributed by atoms with E-state index in [1.54, 1.807) is 0 Å². The summed E-state index contributed by atoms with van der Waals surface area (Å²) in [6.07, 6.45) is 4.79. The van der Waals surface area contributed by atoms with Gasteiger partial charge >= 0.3 is 0 Å². The lowest BCUT2D eigenvalue weighted by atomic mass is 10.1. The summed E-state index contributed by atoms with van der Waals surface area (Å²) >= 11 is 0. The lowest BCUT2D eigenvalue weighted by molar-refractivity contribution is 0.299. The van der Waals surface area contributed by atoms with Crippen LogP contribution in [0, 0.1) is 0 Å². The minimum Gasteiger partial charge on any atom is -0.487 e. The number of imidazole rings is 1. The standard InChI is InChI=1S/C16H17N3O/c17-9-8-13-5-1-2-6-15(13)20-12-14-11-19-10-4-3-7-16(19)18-14/h1-7,10-11H,8-9,12,17H2. The van der Waals surface area contributed by atoms with E-state index in [0.717, 1.165) is 29.1 Å². The van der Waals surface area contributed by atoms with Crippen molar-refractivity contribution in [2.75, 3.05) is 6.54 Å². The van der Waals surface area contributed by atoms with Crippen LogP contribution < -0.4 is 10.5 Å². The Morgan fingerprint density at radius 2 is 1.95 bits per heavy atom. The molecule has 2 N–H and O–H groups in total. The monoisotopic (exact) mass is 267 g/mol. The number of nitrogens with two attached hydrogens (primary N) is 1. The van der Waals surface area contributed by atoms with Gasteiger partial charge in [0.1, 0.15) is 18.0 Å². The summed E-state index contributed by atoms with van der Waals surface area (Å²) in [6, 6.07) is 13.9. The second-order valence-electron chi connectivity index (χ2n) is 4.63. The molecule has 0 saturated heterocycles. The van der Waals surface area contributed by atoms with Crippen LogP contribution in [-0.2, 0) is 13.0 Å². The first-order valence-corrected chi connectivity index (χ1v) is 6.70. The van der Waals surface area contributed by atoms with Crippen molar-refractivity contribution < 1.29 is 4.74 Å². The molecule has 2 aromatic heterocycles. The lowest BCUT2D eigenvalue weighted by Crippen LogP contribution is -2.05. The molecule has 0 amide bonds. The third kappa shape index (κ3) is 2.65. The molecule has 20 heavy (non-hydrogen) atoms. The van der Waals surface area contributed by atoms with Crippen molar-refractivity contribution in [3.8, 4) is 5.75 Å². The Hall–Kier alpha value is -2.33. The van der Waals surface area contributed by atoms with Gasteiger partial charge < -0.3 is 14.9 Å². The maximum Gasteiger partial charge on any atom is 0.137 e. The van der Waals surface area contributed by atoms with Crippen LogP contribution in [0.2, 0.25) is 0 Å². The number of aromatic nitrogens is 2. The zero-order valence-electron chi connectivity index (χ0n) is 11.2. The topological polar surface area (TPSA) is 52.5 Å². The van der Waals surface area contributed by atoms with E-state index in [1.807, 2.05) is 59.3 Å². The molecule has 0 atom stereocenters. The highest BCUT2D eigenvalue weighted by Gasteiger charge is 2.05. The Morgan fingerprint density at radius 1 is 1.10 bits per heavy atom. The molecule has 0 saturated carbocycles.